The highest BCUT2D eigenvalue weighted by Crippen LogP contribution is 2.25. The van der Waals surface area contributed by atoms with Crippen LogP contribution in [-0.4, -0.2) is 28.7 Å². The molecule has 0 unspecified atom stereocenters. The van der Waals surface area contributed by atoms with Crippen LogP contribution >= 0.6 is 11.3 Å². The van der Waals surface area contributed by atoms with Gasteiger partial charge in [0.25, 0.3) is 0 Å². The van der Waals surface area contributed by atoms with E-state index in [2.05, 4.69) is 4.72 Å². The minimum Gasteiger partial charge on any atom is -0.493 e. The molecule has 2 aromatic rings. The summed E-state index contributed by atoms with van der Waals surface area (Å²) in [6, 6.07) is 10.6. The smallest absolute Gasteiger partial charge is 0.250 e. The fourth-order valence-corrected chi connectivity index (χ4v) is 4.04. The zero-order valence-corrected chi connectivity index (χ0v) is 13.5. The Bertz CT molecular complexity index is 695. The van der Waals surface area contributed by atoms with Gasteiger partial charge in [0.2, 0.25) is 10.0 Å². The summed E-state index contributed by atoms with van der Waals surface area (Å²) in [6.45, 7) is 2.29. The minimum atomic E-state index is -3.45. The minimum absolute atomic E-state index is 0.192. The lowest BCUT2D eigenvalue weighted by Gasteiger charge is -2.10. The molecule has 0 fully saturated rings. The van der Waals surface area contributed by atoms with E-state index in [0.29, 0.717) is 15.7 Å². The van der Waals surface area contributed by atoms with Crippen molar-refractivity contribution in [3.63, 3.8) is 0 Å². The van der Waals surface area contributed by atoms with Gasteiger partial charge < -0.3 is 9.47 Å². The second kappa shape index (κ2) is 6.93. The highest BCUT2D eigenvalue weighted by atomic mass is 32.2. The molecule has 0 aliphatic rings. The van der Waals surface area contributed by atoms with Gasteiger partial charge in [-0.3, -0.25) is 0 Å². The van der Waals surface area contributed by atoms with Crippen molar-refractivity contribution in [2.75, 3.05) is 20.3 Å². The maximum atomic E-state index is 12.0. The third-order valence-corrected chi connectivity index (χ3v) is 5.65. The van der Waals surface area contributed by atoms with Crippen molar-refractivity contribution >= 4 is 21.4 Å². The molecule has 5 nitrogen and oxygen atoms in total. The first-order valence-electron chi connectivity index (χ1n) is 6.35. The third kappa shape index (κ3) is 4.20. The van der Waals surface area contributed by atoms with E-state index in [0.717, 1.165) is 4.88 Å². The van der Waals surface area contributed by atoms with E-state index in [9.17, 15) is 8.42 Å². The number of aryl methyl sites for hydroxylation is 1. The van der Waals surface area contributed by atoms with Crippen molar-refractivity contribution in [2.45, 2.75) is 11.1 Å². The van der Waals surface area contributed by atoms with Crippen molar-refractivity contribution in [1.29, 1.82) is 0 Å². The summed E-state index contributed by atoms with van der Waals surface area (Å²) in [6.07, 6.45) is 0. The normalized spacial score (nSPS) is 11.3. The number of ether oxygens (including phenoxy) is 2. The predicted molar refractivity (Wildman–Crippen MR) is 82.7 cm³/mol. The maximum Gasteiger partial charge on any atom is 0.250 e. The summed E-state index contributed by atoms with van der Waals surface area (Å²) >= 11 is 1.24. The molecule has 1 heterocycles. The number of para-hydroxylation sites is 2. The predicted octanol–water partition coefficient (Wildman–Crippen LogP) is 2.42. The number of hydrogen-bond donors (Lipinski definition) is 1. The Morgan fingerprint density at radius 1 is 1.14 bits per heavy atom. The van der Waals surface area contributed by atoms with Crippen LogP contribution in [0.2, 0.25) is 0 Å². The van der Waals surface area contributed by atoms with E-state index in [1.54, 1.807) is 31.4 Å². The molecular weight excluding hydrogens is 310 g/mol. The molecule has 114 valence electrons. The first-order chi connectivity index (χ1) is 10.0. The highest BCUT2D eigenvalue weighted by Gasteiger charge is 2.15. The molecule has 0 radical (unpaired) electrons. The number of nitrogens with one attached hydrogen (secondary N) is 1. The van der Waals surface area contributed by atoms with Crippen LogP contribution in [0, 0.1) is 6.92 Å². The molecule has 0 saturated heterocycles. The second-order valence-corrected chi connectivity index (χ2v) is 7.54. The first-order valence-corrected chi connectivity index (χ1v) is 8.65. The van der Waals surface area contributed by atoms with Gasteiger partial charge in [-0.2, -0.15) is 0 Å². The van der Waals surface area contributed by atoms with Crippen molar-refractivity contribution in [3.8, 4) is 11.5 Å². The lowest BCUT2D eigenvalue weighted by molar-refractivity contribution is 0.299. The third-order valence-electron chi connectivity index (χ3n) is 2.70. The lowest BCUT2D eigenvalue weighted by Crippen LogP contribution is -2.27. The summed E-state index contributed by atoms with van der Waals surface area (Å²) < 4.78 is 37.5. The average Bonchev–Trinajstić information content (AvgIpc) is 2.91. The monoisotopic (exact) mass is 327 g/mol. The quantitative estimate of drug-likeness (QED) is 0.793. The Morgan fingerprint density at radius 3 is 2.48 bits per heavy atom. The molecule has 21 heavy (non-hydrogen) atoms. The Labute approximate surface area is 128 Å². The summed E-state index contributed by atoms with van der Waals surface area (Å²) in [5, 5.41) is 0. The van der Waals surface area contributed by atoms with Crippen LogP contribution in [-0.2, 0) is 10.0 Å². The molecule has 1 aromatic heterocycles. The molecule has 0 bridgehead atoms. The standard InChI is InChI=1S/C14H17NO4S2/c1-11-7-8-14(20-11)21(16,17)15-9-10-19-13-6-4-3-5-12(13)18-2/h3-8,15H,9-10H2,1-2H3. The van der Waals surface area contributed by atoms with Crippen LogP contribution < -0.4 is 14.2 Å². The van der Waals surface area contributed by atoms with Crippen molar-refractivity contribution in [2.24, 2.45) is 0 Å². The summed E-state index contributed by atoms with van der Waals surface area (Å²) in [4.78, 5) is 0.959. The van der Waals surface area contributed by atoms with E-state index in [-0.39, 0.29) is 13.2 Å². The molecular formula is C14H17NO4S2. The van der Waals surface area contributed by atoms with E-state index in [1.165, 1.54) is 11.3 Å². The Balaban J connectivity index is 1.87. The molecule has 1 aromatic carbocycles. The molecule has 0 amide bonds. The topological polar surface area (TPSA) is 64.6 Å². The molecule has 2 rings (SSSR count). The van der Waals surface area contributed by atoms with E-state index in [1.807, 2.05) is 19.1 Å². The van der Waals surface area contributed by atoms with Gasteiger partial charge >= 0.3 is 0 Å². The molecule has 0 atom stereocenters. The number of benzene rings is 1. The van der Waals surface area contributed by atoms with Gasteiger partial charge in [0.15, 0.2) is 11.5 Å². The van der Waals surface area contributed by atoms with Gasteiger partial charge in [-0.25, -0.2) is 13.1 Å². The maximum absolute atomic E-state index is 12.0. The summed E-state index contributed by atoms with van der Waals surface area (Å²) in [7, 11) is -1.89. The van der Waals surface area contributed by atoms with Crippen LogP contribution in [0.15, 0.2) is 40.6 Å². The van der Waals surface area contributed by atoms with Gasteiger partial charge in [0.05, 0.1) is 7.11 Å². The Morgan fingerprint density at radius 2 is 1.86 bits per heavy atom. The highest BCUT2D eigenvalue weighted by molar-refractivity contribution is 7.91. The number of sulfonamides is 1. The van der Waals surface area contributed by atoms with Gasteiger partial charge in [-0.15, -0.1) is 11.3 Å². The Hall–Kier alpha value is -1.57. The summed E-state index contributed by atoms with van der Waals surface area (Å²) in [5.41, 5.74) is 0. The average molecular weight is 327 g/mol. The molecule has 0 aliphatic carbocycles. The van der Waals surface area contributed by atoms with Gasteiger partial charge in [0, 0.05) is 11.4 Å². The zero-order chi connectivity index (χ0) is 15.3. The number of hydrogen-bond acceptors (Lipinski definition) is 5. The van der Waals surface area contributed by atoms with Gasteiger partial charge in [0.1, 0.15) is 10.8 Å². The van der Waals surface area contributed by atoms with Crippen LogP contribution in [0.25, 0.3) is 0 Å². The molecule has 0 saturated carbocycles. The SMILES string of the molecule is COc1ccccc1OCCNS(=O)(=O)c1ccc(C)s1. The second-order valence-electron chi connectivity index (χ2n) is 4.26. The first kappa shape index (κ1) is 15.8. The summed E-state index contributed by atoms with van der Waals surface area (Å²) in [5.74, 6) is 1.21. The van der Waals surface area contributed by atoms with E-state index >= 15 is 0 Å². The van der Waals surface area contributed by atoms with Gasteiger partial charge in [-0.1, -0.05) is 12.1 Å². The number of methoxy groups -OCH3 is 1. The van der Waals surface area contributed by atoms with Crippen LogP contribution in [0.5, 0.6) is 11.5 Å². The van der Waals surface area contributed by atoms with Crippen molar-refractivity contribution < 1.29 is 17.9 Å². The molecule has 0 aliphatic heterocycles. The Kier molecular flexibility index (Phi) is 5.22. The van der Waals surface area contributed by atoms with Gasteiger partial charge in [-0.05, 0) is 31.2 Å². The molecule has 0 spiro atoms. The van der Waals surface area contributed by atoms with E-state index < -0.39 is 10.0 Å². The fraction of sp³-hybridized carbons (Fsp3) is 0.286. The molecule has 1 N–H and O–H groups in total. The fourth-order valence-electron chi connectivity index (χ4n) is 1.70. The zero-order valence-electron chi connectivity index (χ0n) is 11.8. The van der Waals surface area contributed by atoms with E-state index in [4.69, 9.17) is 9.47 Å². The van der Waals surface area contributed by atoms with Crippen LogP contribution in [0.4, 0.5) is 0 Å². The largest absolute Gasteiger partial charge is 0.493 e. The number of rotatable bonds is 7. The number of thiophene rings is 1. The van der Waals surface area contributed by atoms with Crippen molar-refractivity contribution in [3.05, 3.63) is 41.3 Å². The molecule has 7 heteroatoms. The lowest BCUT2D eigenvalue weighted by atomic mass is 10.3. The van der Waals surface area contributed by atoms with Crippen LogP contribution in [0.3, 0.4) is 0 Å². The van der Waals surface area contributed by atoms with Crippen LogP contribution in [0.1, 0.15) is 4.88 Å². The van der Waals surface area contributed by atoms with Crippen molar-refractivity contribution in [1.82, 2.24) is 4.72 Å².